The van der Waals surface area contributed by atoms with Gasteiger partial charge in [0.05, 0.1) is 5.69 Å². The van der Waals surface area contributed by atoms with Crippen LogP contribution in [0.5, 0.6) is 0 Å². The lowest BCUT2D eigenvalue weighted by Crippen LogP contribution is -2.29. The number of hydrogen-bond donors (Lipinski definition) is 2. The van der Waals surface area contributed by atoms with Crippen molar-refractivity contribution in [2.24, 2.45) is 5.73 Å². The van der Waals surface area contributed by atoms with Crippen molar-refractivity contribution >= 4 is 29.1 Å². The Balaban J connectivity index is 2.07. The van der Waals surface area contributed by atoms with Gasteiger partial charge in [0, 0.05) is 12.3 Å². The number of thioether (sulfide) groups is 1. The lowest BCUT2D eigenvalue weighted by molar-refractivity contribution is 0.454. The predicted octanol–water partition coefficient (Wildman–Crippen LogP) is 1.30. The Labute approximate surface area is 92.6 Å². The number of hydrogen-bond acceptors (Lipinski definition) is 4. The van der Waals surface area contributed by atoms with Crippen LogP contribution in [0.15, 0.2) is 15.9 Å². The van der Waals surface area contributed by atoms with Crippen LogP contribution in [-0.4, -0.2) is 22.4 Å². The van der Waals surface area contributed by atoms with Crippen LogP contribution in [-0.2, 0) is 0 Å². The van der Waals surface area contributed by atoms with Crippen molar-refractivity contribution in [3.63, 3.8) is 0 Å². The average molecular weight is 231 g/mol. The highest BCUT2D eigenvalue weighted by Gasteiger charge is 2.00. The van der Waals surface area contributed by atoms with Gasteiger partial charge in [-0.1, -0.05) is 11.8 Å². The SMILES string of the molecule is Cc1coc(SCCCNC(N)=S)n1. The summed E-state index contributed by atoms with van der Waals surface area (Å²) in [5.74, 6) is 0.940. The van der Waals surface area contributed by atoms with Gasteiger partial charge in [-0.2, -0.15) is 0 Å². The normalized spacial score (nSPS) is 10.1. The number of nitrogens with two attached hydrogens (primary N) is 1. The van der Waals surface area contributed by atoms with Gasteiger partial charge in [0.1, 0.15) is 6.26 Å². The molecule has 0 saturated heterocycles. The summed E-state index contributed by atoms with van der Waals surface area (Å²) in [7, 11) is 0. The molecule has 0 unspecified atom stereocenters. The second-order valence-electron chi connectivity index (χ2n) is 2.75. The highest BCUT2D eigenvalue weighted by Crippen LogP contribution is 2.16. The Kier molecular flexibility index (Phi) is 4.75. The first-order chi connectivity index (χ1) is 6.68. The standard InChI is InChI=1S/C8H13N3OS2/c1-6-5-12-8(11-6)14-4-2-3-10-7(9)13/h5H,2-4H2,1H3,(H3,9,10,13). The van der Waals surface area contributed by atoms with Gasteiger partial charge in [-0.15, -0.1) is 0 Å². The second kappa shape index (κ2) is 5.87. The van der Waals surface area contributed by atoms with Crippen molar-refractivity contribution in [1.82, 2.24) is 10.3 Å². The van der Waals surface area contributed by atoms with Crippen LogP contribution >= 0.6 is 24.0 Å². The van der Waals surface area contributed by atoms with Gasteiger partial charge in [0.25, 0.3) is 5.22 Å². The zero-order chi connectivity index (χ0) is 10.4. The van der Waals surface area contributed by atoms with Crippen molar-refractivity contribution in [2.45, 2.75) is 18.6 Å². The molecule has 0 aliphatic rings. The smallest absolute Gasteiger partial charge is 0.255 e. The summed E-state index contributed by atoms with van der Waals surface area (Å²) < 4.78 is 5.17. The van der Waals surface area contributed by atoms with Crippen LogP contribution in [0.2, 0.25) is 0 Å². The van der Waals surface area contributed by atoms with E-state index in [1.54, 1.807) is 18.0 Å². The van der Waals surface area contributed by atoms with Crippen LogP contribution in [0, 0.1) is 6.92 Å². The van der Waals surface area contributed by atoms with Crippen LogP contribution in [0.4, 0.5) is 0 Å². The Bertz CT molecular complexity index is 301. The molecule has 0 amide bonds. The van der Waals surface area contributed by atoms with Gasteiger partial charge in [0.15, 0.2) is 5.11 Å². The van der Waals surface area contributed by atoms with Gasteiger partial charge in [-0.25, -0.2) is 4.98 Å². The fourth-order valence-corrected chi connectivity index (χ4v) is 1.73. The zero-order valence-corrected chi connectivity index (χ0v) is 9.58. The third kappa shape index (κ3) is 4.48. The predicted molar refractivity (Wildman–Crippen MR) is 61.4 cm³/mol. The molecule has 0 saturated carbocycles. The molecule has 6 heteroatoms. The minimum Gasteiger partial charge on any atom is -0.440 e. The van der Waals surface area contributed by atoms with E-state index in [1.165, 1.54) is 0 Å². The molecular weight excluding hydrogens is 218 g/mol. The molecule has 14 heavy (non-hydrogen) atoms. The minimum absolute atomic E-state index is 0.349. The summed E-state index contributed by atoms with van der Waals surface area (Å²) in [6.45, 7) is 2.70. The van der Waals surface area contributed by atoms with Crippen molar-refractivity contribution in [2.75, 3.05) is 12.3 Å². The highest BCUT2D eigenvalue weighted by atomic mass is 32.2. The molecule has 1 rings (SSSR count). The number of nitrogens with one attached hydrogen (secondary N) is 1. The maximum absolute atomic E-state index is 5.27. The topological polar surface area (TPSA) is 64.1 Å². The molecule has 78 valence electrons. The summed E-state index contributed by atoms with van der Waals surface area (Å²) in [6.07, 6.45) is 2.62. The lowest BCUT2D eigenvalue weighted by Gasteiger charge is -2.01. The van der Waals surface area contributed by atoms with E-state index in [9.17, 15) is 0 Å². The Hall–Kier alpha value is -0.750. The second-order valence-corrected chi connectivity index (χ2v) is 4.23. The van der Waals surface area contributed by atoms with Crippen LogP contribution in [0.1, 0.15) is 12.1 Å². The molecule has 4 nitrogen and oxygen atoms in total. The average Bonchev–Trinajstić information content (AvgIpc) is 2.50. The Morgan fingerprint density at radius 1 is 1.79 bits per heavy atom. The molecular formula is C8H13N3OS2. The molecule has 3 N–H and O–H groups in total. The third-order valence-corrected chi connectivity index (χ3v) is 2.52. The third-order valence-electron chi connectivity index (χ3n) is 1.44. The van der Waals surface area contributed by atoms with Gasteiger partial charge >= 0.3 is 0 Å². The molecule has 0 spiro atoms. The first-order valence-electron chi connectivity index (χ1n) is 4.26. The quantitative estimate of drug-likeness (QED) is 0.452. The Morgan fingerprint density at radius 3 is 3.14 bits per heavy atom. The van der Waals surface area contributed by atoms with E-state index in [1.807, 2.05) is 6.92 Å². The lowest BCUT2D eigenvalue weighted by atomic mass is 10.5. The molecule has 1 aromatic rings. The van der Waals surface area contributed by atoms with Crippen LogP contribution in [0.3, 0.4) is 0 Å². The first-order valence-corrected chi connectivity index (χ1v) is 5.66. The summed E-state index contributed by atoms with van der Waals surface area (Å²) in [5.41, 5.74) is 6.18. The van der Waals surface area contributed by atoms with E-state index in [0.29, 0.717) is 5.11 Å². The molecule has 0 radical (unpaired) electrons. The number of oxazole rings is 1. The molecule has 1 heterocycles. The fraction of sp³-hybridized carbons (Fsp3) is 0.500. The summed E-state index contributed by atoms with van der Waals surface area (Å²) in [4.78, 5) is 4.17. The maximum atomic E-state index is 5.27. The van der Waals surface area contributed by atoms with Crippen molar-refractivity contribution in [3.8, 4) is 0 Å². The largest absolute Gasteiger partial charge is 0.440 e. The number of thiocarbonyl (C=S) groups is 1. The van der Waals surface area contributed by atoms with E-state index in [2.05, 4.69) is 22.5 Å². The van der Waals surface area contributed by atoms with Crippen LogP contribution < -0.4 is 11.1 Å². The van der Waals surface area contributed by atoms with E-state index >= 15 is 0 Å². The van der Waals surface area contributed by atoms with Gasteiger partial charge in [0.2, 0.25) is 0 Å². The molecule has 0 aliphatic heterocycles. The van der Waals surface area contributed by atoms with E-state index in [-0.39, 0.29) is 0 Å². The molecule has 0 bridgehead atoms. The van der Waals surface area contributed by atoms with E-state index < -0.39 is 0 Å². The highest BCUT2D eigenvalue weighted by molar-refractivity contribution is 7.99. The molecule has 0 fully saturated rings. The van der Waals surface area contributed by atoms with Crippen molar-refractivity contribution in [1.29, 1.82) is 0 Å². The summed E-state index contributed by atoms with van der Waals surface area (Å²) >= 11 is 6.26. The fourth-order valence-electron chi connectivity index (χ4n) is 0.842. The molecule has 0 aromatic carbocycles. The van der Waals surface area contributed by atoms with Crippen molar-refractivity contribution < 1.29 is 4.42 Å². The minimum atomic E-state index is 0.349. The molecule has 0 atom stereocenters. The van der Waals surface area contributed by atoms with Gasteiger partial charge < -0.3 is 15.5 Å². The maximum Gasteiger partial charge on any atom is 0.255 e. The van der Waals surface area contributed by atoms with Crippen molar-refractivity contribution in [3.05, 3.63) is 12.0 Å². The van der Waals surface area contributed by atoms with E-state index in [4.69, 9.17) is 10.2 Å². The van der Waals surface area contributed by atoms with E-state index in [0.717, 1.165) is 29.6 Å². The number of rotatable bonds is 5. The van der Waals surface area contributed by atoms with Gasteiger partial charge in [-0.05, 0) is 25.6 Å². The monoisotopic (exact) mass is 231 g/mol. The number of nitrogens with zero attached hydrogens (tertiary/aromatic N) is 1. The number of aromatic nitrogens is 1. The number of aryl methyl sites for hydroxylation is 1. The first kappa shape index (κ1) is 11.3. The van der Waals surface area contributed by atoms with Crippen LogP contribution in [0.25, 0.3) is 0 Å². The summed E-state index contributed by atoms with van der Waals surface area (Å²) in [6, 6.07) is 0. The van der Waals surface area contributed by atoms with Gasteiger partial charge in [-0.3, -0.25) is 0 Å². The summed E-state index contributed by atoms with van der Waals surface area (Å²) in [5, 5.41) is 3.95. The Morgan fingerprint density at radius 2 is 2.57 bits per heavy atom. The molecule has 1 aromatic heterocycles. The molecule has 0 aliphatic carbocycles. The zero-order valence-electron chi connectivity index (χ0n) is 7.95.